The number of aryl methyl sites for hydroxylation is 1. The van der Waals surface area contributed by atoms with E-state index in [1.54, 1.807) is 0 Å². The largest absolute Gasteiger partial charge is 0.316 e. The molecule has 2 nitrogen and oxygen atoms in total. The fourth-order valence-corrected chi connectivity index (χ4v) is 1.31. The second-order valence-electron chi connectivity index (χ2n) is 3.67. The molecular formula is C11H18N2. The Bertz CT molecular complexity index is 279. The summed E-state index contributed by atoms with van der Waals surface area (Å²) in [5.41, 5.74) is 3.60. The van der Waals surface area contributed by atoms with Crippen molar-refractivity contribution >= 4 is 0 Å². The highest BCUT2D eigenvalue weighted by Crippen LogP contribution is 2.14. The van der Waals surface area contributed by atoms with E-state index < -0.39 is 0 Å². The van der Waals surface area contributed by atoms with Gasteiger partial charge in [-0.2, -0.15) is 0 Å². The minimum Gasteiger partial charge on any atom is -0.316 e. The molecule has 0 saturated heterocycles. The Balaban J connectivity index is 2.92. The van der Waals surface area contributed by atoms with Crippen molar-refractivity contribution in [3.8, 4) is 0 Å². The van der Waals surface area contributed by atoms with Gasteiger partial charge in [0.15, 0.2) is 0 Å². The number of hydrogen-bond acceptors (Lipinski definition) is 2. The maximum atomic E-state index is 4.55. The van der Waals surface area contributed by atoms with Crippen molar-refractivity contribution in [2.75, 3.05) is 7.05 Å². The van der Waals surface area contributed by atoms with E-state index in [1.807, 2.05) is 7.05 Å². The van der Waals surface area contributed by atoms with Gasteiger partial charge in [0.25, 0.3) is 0 Å². The molecule has 13 heavy (non-hydrogen) atoms. The normalized spacial score (nSPS) is 10.8. The summed E-state index contributed by atoms with van der Waals surface area (Å²) in [5, 5.41) is 3.13. The van der Waals surface area contributed by atoms with Gasteiger partial charge in [0, 0.05) is 17.9 Å². The van der Waals surface area contributed by atoms with E-state index in [9.17, 15) is 0 Å². The third kappa shape index (κ3) is 2.52. The molecule has 0 amide bonds. The van der Waals surface area contributed by atoms with Crippen molar-refractivity contribution in [1.82, 2.24) is 10.3 Å². The number of nitrogens with zero attached hydrogens (tertiary/aromatic N) is 1. The van der Waals surface area contributed by atoms with Crippen molar-refractivity contribution in [1.29, 1.82) is 0 Å². The maximum absolute atomic E-state index is 4.55. The molecule has 1 aromatic heterocycles. The minimum absolute atomic E-state index is 0.516. The third-order valence-corrected chi connectivity index (χ3v) is 2.18. The van der Waals surface area contributed by atoms with Crippen LogP contribution in [0.2, 0.25) is 0 Å². The molecule has 1 N–H and O–H groups in total. The van der Waals surface area contributed by atoms with Crippen molar-refractivity contribution in [2.45, 2.75) is 33.2 Å². The highest BCUT2D eigenvalue weighted by atomic mass is 14.8. The van der Waals surface area contributed by atoms with E-state index >= 15 is 0 Å². The third-order valence-electron chi connectivity index (χ3n) is 2.18. The van der Waals surface area contributed by atoms with Crippen LogP contribution in [0.15, 0.2) is 12.1 Å². The van der Waals surface area contributed by atoms with Crippen LogP contribution in [0, 0.1) is 6.92 Å². The molecule has 0 aromatic carbocycles. The van der Waals surface area contributed by atoms with E-state index in [1.165, 1.54) is 11.3 Å². The lowest BCUT2D eigenvalue weighted by molar-refractivity contribution is 0.778. The first kappa shape index (κ1) is 10.2. The summed E-state index contributed by atoms with van der Waals surface area (Å²) in [7, 11) is 1.95. The second-order valence-corrected chi connectivity index (χ2v) is 3.67. The zero-order chi connectivity index (χ0) is 9.84. The lowest BCUT2D eigenvalue weighted by atomic mass is 10.1. The second kappa shape index (κ2) is 4.38. The number of hydrogen-bond donors (Lipinski definition) is 1. The Morgan fingerprint density at radius 3 is 2.54 bits per heavy atom. The molecule has 72 valence electrons. The average molecular weight is 178 g/mol. The van der Waals surface area contributed by atoms with E-state index in [0.29, 0.717) is 5.92 Å². The van der Waals surface area contributed by atoms with Crippen molar-refractivity contribution in [2.24, 2.45) is 0 Å². The molecule has 0 atom stereocenters. The zero-order valence-electron chi connectivity index (χ0n) is 8.89. The number of rotatable bonds is 3. The first-order valence-corrected chi connectivity index (χ1v) is 4.76. The van der Waals surface area contributed by atoms with E-state index in [0.717, 1.165) is 12.2 Å². The van der Waals surface area contributed by atoms with Gasteiger partial charge in [0.05, 0.1) is 0 Å². The molecule has 0 aliphatic heterocycles. The van der Waals surface area contributed by atoms with Gasteiger partial charge in [-0.15, -0.1) is 0 Å². The molecular weight excluding hydrogens is 160 g/mol. The number of pyridine rings is 1. The molecule has 2 heteroatoms. The predicted molar refractivity (Wildman–Crippen MR) is 55.8 cm³/mol. The maximum Gasteiger partial charge on any atom is 0.0432 e. The van der Waals surface area contributed by atoms with Crippen LogP contribution in [-0.4, -0.2) is 12.0 Å². The fraction of sp³-hybridized carbons (Fsp3) is 0.545. The molecule has 0 aliphatic rings. The van der Waals surface area contributed by atoms with Crippen LogP contribution in [0.3, 0.4) is 0 Å². The fourth-order valence-electron chi connectivity index (χ4n) is 1.31. The molecule has 0 saturated carbocycles. The molecule has 0 bridgehead atoms. The summed E-state index contributed by atoms with van der Waals surface area (Å²) in [4.78, 5) is 4.55. The van der Waals surface area contributed by atoms with Gasteiger partial charge >= 0.3 is 0 Å². The Labute approximate surface area is 80.4 Å². The van der Waals surface area contributed by atoms with Gasteiger partial charge < -0.3 is 5.32 Å². The Hall–Kier alpha value is -0.890. The molecule has 1 rings (SSSR count). The monoisotopic (exact) mass is 178 g/mol. The van der Waals surface area contributed by atoms with Crippen LogP contribution in [0.25, 0.3) is 0 Å². The Morgan fingerprint density at radius 2 is 2.08 bits per heavy atom. The van der Waals surface area contributed by atoms with Gasteiger partial charge in [0.1, 0.15) is 0 Å². The standard InChI is InChI=1S/C11H18N2/c1-8(2)11-6-5-10(7-12-4)9(3)13-11/h5-6,8,12H,7H2,1-4H3. The number of nitrogens with one attached hydrogen (secondary N) is 1. The summed E-state index contributed by atoms with van der Waals surface area (Å²) in [6.07, 6.45) is 0. The molecule has 1 heterocycles. The number of aromatic nitrogens is 1. The average Bonchev–Trinajstić information content (AvgIpc) is 2.08. The lowest BCUT2D eigenvalue weighted by Gasteiger charge is -2.09. The molecule has 0 aliphatic carbocycles. The first-order valence-electron chi connectivity index (χ1n) is 4.76. The Morgan fingerprint density at radius 1 is 1.38 bits per heavy atom. The molecule has 0 radical (unpaired) electrons. The van der Waals surface area contributed by atoms with Gasteiger partial charge in [-0.05, 0) is 31.5 Å². The topological polar surface area (TPSA) is 24.9 Å². The highest BCUT2D eigenvalue weighted by molar-refractivity contribution is 5.23. The van der Waals surface area contributed by atoms with E-state index in [2.05, 4.69) is 43.2 Å². The smallest absolute Gasteiger partial charge is 0.0432 e. The minimum atomic E-state index is 0.516. The lowest BCUT2D eigenvalue weighted by Crippen LogP contribution is -2.08. The van der Waals surface area contributed by atoms with Crippen molar-refractivity contribution in [3.63, 3.8) is 0 Å². The van der Waals surface area contributed by atoms with Crippen LogP contribution in [0.1, 0.15) is 36.7 Å². The Kier molecular flexibility index (Phi) is 3.43. The van der Waals surface area contributed by atoms with Crippen molar-refractivity contribution in [3.05, 3.63) is 29.1 Å². The molecule has 1 aromatic rings. The molecule has 0 fully saturated rings. The summed E-state index contributed by atoms with van der Waals surface area (Å²) >= 11 is 0. The van der Waals surface area contributed by atoms with Crippen LogP contribution in [0.4, 0.5) is 0 Å². The van der Waals surface area contributed by atoms with Gasteiger partial charge in [-0.25, -0.2) is 0 Å². The molecule has 0 spiro atoms. The summed E-state index contributed by atoms with van der Waals surface area (Å²) in [6, 6.07) is 4.28. The van der Waals surface area contributed by atoms with Crippen LogP contribution in [0.5, 0.6) is 0 Å². The summed E-state index contributed by atoms with van der Waals surface area (Å²) < 4.78 is 0. The highest BCUT2D eigenvalue weighted by Gasteiger charge is 2.03. The van der Waals surface area contributed by atoms with E-state index in [4.69, 9.17) is 0 Å². The summed E-state index contributed by atoms with van der Waals surface area (Å²) in [6.45, 7) is 7.30. The van der Waals surface area contributed by atoms with Crippen LogP contribution in [-0.2, 0) is 6.54 Å². The van der Waals surface area contributed by atoms with Gasteiger partial charge in [-0.3, -0.25) is 4.98 Å². The van der Waals surface area contributed by atoms with Crippen LogP contribution < -0.4 is 5.32 Å². The van der Waals surface area contributed by atoms with Gasteiger partial charge in [0.2, 0.25) is 0 Å². The van der Waals surface area contributed by atoms with Gasteiger partial charge in [-0.1, -0.05) is 19.9 Å². The SMILES string of the molecule is CNCc1ccc(C(C)C)nc1C. The zero-order valence-corrected chi connectivity index (χ0v) is 8.89. The van der Waals surface area contributed by atoms with E-state index in [-0.39, 0.29) is 0 Å². The predicted octanol–water partition coefficient (Wildman–Crippen LogP) is 2.23. The van der Waals surface area contributed by atoms with Crippen LogP contribution >= 0.6 is 0 Å². The first-order chi connectivity index (χ1) is 6.15. The quantitative estimate of drug-likeness (QED) is 0.767. The molecule has 0 unspecified atom stereocenters. The summed E-state index contributed by atoms with van der Waals surface area (Å²) in [5.74, 6) is 0.516. The van der Waals surface area contributed by atoms with Crippen molar-refractivity contribution < 1.29 is 0 Å².